The molecule has 0 aromatic heterocycles. The number of amides is 2. The number of carbonyl (C=O) groups is 2. The molecule has 2 N–H and O–H groups in total. The van der Waals surface area contributed by atoms with E-state index < -0.39 is 0 Å². The first-order valence-electron chi connectivity index (χ1n) is 9.34. The molecule has 0 atom stereocenters. The predicted octanol–water partition coefficient (Wildman–Crippen LogP) is 3.86. The van der Waals surface area contributed by atoms with E-state index in [0.29, 0.717) is 36.4 Å². The van der Waals surface area contributed by atoms with Crippen molar-refractivity contribution in [2.24, 2.45) is 0 Å². The van der Waals surface area contributed by atoms with Gasteiger partial charge in [-0.25, -0.2) is 0 Å². The average molecular weight is 384 g/mol. The van der Waals surface area contributed by atoms with Gasteiger partial charge in [0.2, 0.25) is 5.91 Å². The minimum Gasteiger partial charge on any atom is -0.497 e. The summed E-state index contributed by atoms with van der Waals surface area (Å²) in [7, 11) is 3.07. The SMILES string of the molecule is CNC(=O)c1cc(OC)ccc1NC(=O)CCCCOc1cc(C)ccc1C. The maximum Gasteiger partial charge on any atom is 0.253 e. The number of hydrogen-bond acceptors (Lipinski definition) is 4. The highest BCUT2D eigenvalue weighted by Crippen LogP contribution is 2.23. The summed E-state index contributed by atoms with van der Waals surface area (Å²) in [6.07, 6.45) is 1.82. The third-order valence-electron chi connectivity index (χ3n) is 4.37. The highest BCUT2D eigenvalue weighted by atomic mass is 16.5. The molecule has 0 heterocycles. The smallest absolute Gasteiger partial charge is 0.253 e. The maximum atomic E-state index is 12.2. The van der Waals surface area contributed by atoms with Crippen molar-refractivity contribution in [3.63, 3.8) is 0 Å². The van der Waals surface area contributed by atoms with Crippen LogP contribution in [0.25, 0.3) is 0 Å². The molecule has 0 aliphatic rings. The monoisotopic (exact) mass is 384 g/mol. The van der Waals surface area contributed by atoms with Crippen molar-refractivity contribution in [3.05, 3.63) is 53.1 Å². The lowest BCUT2D eigenvalue weighted by molar-refractivity contribution is -0.116. The summed E-state index contributed by atoms with van der Waals surface area (Å²) in [6.45, 7) is 4.60. The molecule has 0 bridgehead atoms. The van der Waals surface area contributed by atoms with Gasteiger partial charge in [-0.2, -0.15) is 0 Å². The number of methoxy groups -OCH3 is 1. The summed E-state index contributed by atoms with van der Waals surface area (Å²) in [6, 6.07) is 11.1. The second-order valence-electron chi connectivity index (χ2n) is 6.61. The number of carbonyl (C=O) groups excluding carboxylic acids is 2. The molecule has 0 spiro atoms. The number of anilines is 1. The molecule has 0 aliphatic carbocycles. The first kappa shape index (κ1) is 21.3. The Bertz CT molecular complexity index is 833. The van der Waals surface area contributed by atoms with Gasteiger partial charge in [0.1, 0.15) is 11.5 Å². The fourth-order valence-corrected chi connectivity index (χ4v) is 2.73. The van der Waals surface area contributed by atoms with Crippen LogP contribution in [0, 0.1) is 13.8 Å². The molecule has 2 aromatic rings. The molecule has 6 nitrogen and oxygen atoms in total. The van der Waals surface area contributed by atoms with E-state index in [1.807, 2.05) is 26.0 Å². The van der Waals surface area contributed by atoms with E-state index in [0.717, 1.165) is 23.3 Å². The minimum absolute atomic E-state index is 0.137. The second-order valence-corrected chi connectivity index (χ2v) is 6.61. The van der Waals surface area contributed by atoms with Crippen LogP contribution in [0.5, 0.6) is 11.5 Å². The zero-order valence-corrected chi connectivity index (χ0v) is 16.9. The summed E-state index contributed by atoms with van der Waals surface area (Å²) in [5, 5.41) is 5.37. The molecule has 2 aromatic carbocycles. The molecule has 0 unspecified atom stereocenters. The van der Waals surface area contributed by atoms with E-state index in [1.54, 1.807) is 25.2 Å². The van der Waals surface area contributed by atoms with Gasteiger partial charge < -0.3 is 20.1 Å². The van der Waals surface area contributed by atoms with Gasteiger partial charge in [0.15, 0.2) is 0 Å². The number of rotatable bonds is 9. The van der Waals surface area contributed by atoms with Crippen LogP contribution in [0.2, 0.25) is 0 Å². The molecule has 150 valence electrons. The van der Waals surface area contributed by atoms with Crippen LogP contribution < -0.4 is 20.1 Å². The van der Waals surface area contributed by atoms with E-state index >= 15 is 0 Å². The van der Waals surface area contributed by atoms with E-state index in [-0.39, 0.29) is 11.8 Å². The van der Waals surface area contributed by atoms with Gasteiger partial charge in [-0.15, -0.1) is 0 Å². The quantitative estimate of drug-likeness (QED) is 0.644. The first-order chi connectivity index (χ1) is 13.4. The highest BCUT2D eigenvalue weighted by Gasteiger charge is 2.13. The van der Waals surface area contributed by atoms with Gasteiger partial charge in [0, 0.05) is 13.5 Å². The molecule has 2 rings (SSSR count). The van der Waals surface area contributed by atoms with Gasteiger partial charge in [0.25, 0.3) is 5.91 Å². The Morgan fingerprint density at radius 1 is 1.04 bits per heavy atom. The number of ether oxygens (including phenoxy) is 2. The van der Waals surface area contributed by atoms with Gasteiger partial charge in [-0.1, -0.05) is 12.1 Å². The van der Waals surface area contributed by atoms with E-state index in [2.05, 4.69) is 16.7 Å². The fraction of sp³-hybridized carbons (Fsp3) is 0.364. The molecule has 28 heavy (non-hydrogen) atoms. The van der Waals surface area contributed by atoms with Crippen molar-refractivity contribution < 1.29 is 19.1 Å². The van der Waals surface area contributed by atoms with E-state index in [1.165, 1.54) is 7.11 Å². The number of hydrogen-bond donors (Lipinski definition) is 2. The topological polar surface area (TPSA) is 76.7 Å². The van der Waals surface area contributed by atoms with Crippen molar-refractivity contribution in [3.8, 4) is 11.5 Å². The number of aryl methyl sites for hydroxylation is 2. The largest absolute Gasteiger partial charge is 0.497 e. The average Bonchev–Trinajstić information content (AvgIpc) is 2.69. The minimum atomic E-state index is -0.281. The van der Waals surface area contributed by atoms with Crippen LogP contribution in [0.1, 0.15) is 40.7 Å². The van der Waals surface area contributed by atoms with Crippen LogP contribution in [0.3, 0.4) is 0 Å². The third kappa shape index (κ3) is 6.01. The Kier molecular flexibility index (Phi) is 7.87. The molecule has 0 aliphatic heterocycles. The standard InChI is InChI=1S/C22H28N2O4/c1-15-8-9-16(2)20(13-15)28-12-6-5-7-21(25)24-19-11-10-17(27-4)14-18(19)22(26)23-3/h8-11,13-14H,5-7,12H2,1-4H3,(H,23,26)(H,24,25). The lowest BCUT2D eigenvalue weighted by atomic mass is 10.1. The predicted molar refractivity (Wildman–Crippen MR) is 110 cm³/mol. The maximum absolute atomic E-state index is 12.2. The molecular weight excluding hydrogens is 356 g/mol. The first-order valence-corrected chi connectivity index (χ1v) is 9.34. The fourth-order valence-electron chi connectivity index (χ4n) is 2.73. The van der Waals surface area contributed by atoms with Crippen molar-refractivity contribution >= 4 is 17.5 Å². The van der Waals surface area contributed by atoms with Gasteiger partial charge in [0.05, 0.1) is 25.0 Å². The van der Waals surface area contributed by atoms with Crippen LogP contribution in [0.4, 0.5) is 5.69 Å². The highest BCUT2D eigenvalue weighted by molar-refractivity contribution is 6.04. The summed E-state index contributed by atoms with van der Waals surface area (Å²) < 4.78 is 11.0. The molecule has 0 saturated heterocycles. The van der Waals surface area contributed by atoms with Gasteiger partial charge >= 0.3 is 0 Å². The number of benzene rings is 2. The zero-order valence-electron chi connectivity index (χ0n) is 16.9. The van der Waals surface area contributed by atoms with Crippen molar-refractivity contribution in [1.82, 2.24) is 5.32 Å². The third-order valence-corrected chi connectivity index (χ3v) is 4.37. The lowest BCUT2D eigenvalue weighted by Gasteiger charge is -2.12. The molecule has 6 heteroatoms. The Hall–Kier alpha value is -3.02. The number of unbranched alkanes of at least 4 members (excludes halogenated alkanes) is 1. The van der Waals surface area contributed by atoms with E-state index in [4.69, 9.17) is 9.47 Å². The lowest BCUT2D eigenvalue weighted by Crippen LogP contribution is -2.21. The Labute approximate surface area is 166 Å². The van der Waals surface area contributed by atoms with Crippen molar-refractivity contribution in [2.75, 3.05) is 26.1 Å². The molecule has 2 amide bonds. The molecule has 0 saturated carbocycles. The van der Waals surface area contributed by atoms with Crippen molar-refractivity contribution in [1.29, 1.82) is 0 Å². The molecule has 0 radical (unpaired) electrons. The van der Waals surface area contributed by atoms with Crippen molar-refractivity contribution in [2.45, 2.75) is 33.1 Å². The van der Waals surface area contributed by atoms with Crippen LogP contribution in [-0.2, 0) is 4.79 Å². The summed E-state index contributed by atoms with van der Waals surface area (Å²) in [5.74, 6) is 1.02. The summed E-state index contributed by atoms with van der Waals surface area (Å²) >= 11 is 0. The second kappa shape index (κ2) is 10.3. The number of nitrogens with one attached hydrogen (secondary N) is 2. The van der Waals surface area contributed by atoms with Gasteiger partial charge in [-0.05, 0) is 62.1 Å². The molecular formula is C22H28N2O4. The van der Waals surface area contributed by atoms with Crippen LogP contribution >= 0.6 is 0 Å². The summed E-state index contributed by atoms with van der Waals surface area (Å²) in [5.41, 5.74) is 3.10. The molecule has 0 fully saturated rings. The van der Waals surface area contributed by atoms with Crippen LogP contribution in [-0.4, -0.2) is 32.6 Å². The zero-order chi connectivity index (χ0) is 20.5. The van der Waals surface area contributed by atoms with Gasteiger partial charge in [-0.3, -0.25) is 9.59 Å². The Morgan fingerprint density at radius 3 is 2.54 bits per heavy atom. The summed E-state index contributed by atoms with van der Waals surface area (Å²) in [4.78, 5) is 24.3. The Morgan fingerprint density at radius 2 is 1.82 bits per heavy atom. The van der Waals surface area contributed by atoms with Crippen LogP contribution in [0.15, 0.2) is 36.4 Å². The Balaban J connectivity index is 1.82. The van der Waals surface area contributed by atoms with E-state index in [9.17, 15) is 9.59 Å². The normalized spacial score (nSPS) is 10.3.